The Morgan fingerprint density at radius 2 is 2.11 bits per heavy atom. The highest BCUT2D eigenvalue weighted by Gasteiger charge is 2.18. The van der Waals surface area contributed by atoms with Gasteiger partial charge in [0.15, 0.2) is 0 Å². The molecule has 1 aromatic rings. The maximum absolute atomic E-state index is 11.7. The zero-order valence-corrected chi connectivity index (χ0v) is 10.4. The van der Waals surface area contributed by atoms with Crippen LogP contribution in [0.5, 0.6) is 5.75 Å². The van der Waals surface area contributed by atoms with Gasteiger partial charge in [0.25, 0.3) is 0 Å². The first-order valence-electron chi connectivity index (χ1n) is 6.18. The zero-order chi connectivity index (χ0) is 13.7. The number of piperidine rings is 1. The molecule has 2 rings (SSSR count). The third-order valence-electron chi connectivity index (χ3n) is 2.93. The Kier molecular flexibility index (Phi) is 4.18. The first kappa shape index (κ1) is 13.1. The number of nitrogens with one attached hydrogen (secondary N) is 2. The maximum Gasteiger partial charge on any atom is 0.244 e. The normalized spacial score (nSPS) is 19.2. The largest absolute Gasteiger partial charge is 0.508 e. The van der Waals surface area contributed by atoms with Gasteiger partial charge in [0.1, 0.15) is 5.75 Å². The summed E-state index contributed by atoms with van der Waals surface area (Å²) >= 11 is 0. The van der Waals surface area contributed by atoms with E-state index in [0.717, 1.165) is 5.56 Å². The van der Waals surface area contributed by atoms with Gasteiger partial charge in [-0.05, 0) is 30.2 Å². The smallest absolute Gasteiger partial charge is 0.244 e. The van der Waals surface area contributed by atoms with Crippen molar-refractivity contribution in [3.8, 4) is 5.75 Å². The van der Waals surface area contributed by atoms with Crippen molar-refractivity contribution in [2.45, 2.75) is 18.9 Å². The van der Waals surface area contributed by atoms with Gasteiger partial charge in [-0.2, -0.15) is 0 Å². The number of carbonyl (C=O) groups is 2. The lowest BCUT2D eigenvalue weighted by Crippen LogP contribution is -2.47. The molecule has 1 heterocycles. The van der Waals surface area contributed by atoms with Crippen molar-refractivity contribution in [3.05, 3.63) is 35.9 Å². The third kappa shape index (κ3) is 4.13. The standard InChI is InChI=1S/C14H16N2O3/c17-12-5-1-10(2-6-12)3-7-14(19)16-11-4-8-13(18)15-9-11/h1-3,5-7,11,17H,4,8-9H2,(H,15,18)(H,16,19). The molecule has 1 fully saturated rings. The minimum atomic E-state index is -0.186. The van der Waals surface area contributed by atoms with Gasteiger partial charge in [-0.15, -0.1) is 0 Å². The summed E-state index contributed by atoms with van der Waals surface area (Å²) in [5.41, 5.74) is 0.838. The van der Waals surface area contributed by atoms with Crippen molar-refractivity contribution in [3.63, 3.8) is 0 Å². The second-order valence-corrected chi connectivity index (χ2v) is 4.47. The van der Waals surface area contributed by atoms with Crippen LogP contribution in [0.4, 0.5) is 0 Å². The van der Waals surface area contributed by atoms with Gasteiger partial charge in [0.2, 0.25) is 11.8 Å². The molecule has 2 amide bonds. The molecule has 0 aromatic heterocycles. The number of carbonyl (C=O) groups excluding carboxylic acids is 2. The van der Waals surface area contributed by atoms with E-state index in [1.807, 2.05) is 0 Å². The van der Waals surface area contributed by atoms with Gasteiger partial charge in [-0.1, -0.05) is 12.1 Å². The molecule has 3 N–H and O–H groups in total. The Labute approximate surface area is 111 Å². The molecule has 1 aromatic carbocycles. The molecule has 1 aliphatic rings. The lowest BCUT2D eigenvalue weighted by Gasteiger charge is -2.22. The van der Waals surface area contributed by atoms with Crippen LogP contribution in [-0.2, 0) is 9.59 Å². The number of hydrogen-bond donors (Lipinski definition) is 3. The minimum absolute atomic E-state index is 0.00494. The molecular weight excluding hydrogens is 244 g/mol. The van der Waals surface area contributed by atoms with Crippen molar-refractivity contribution >= 4 is 17.9 Å². The maximum atomic E-state index is 11.7. The molecule has 0 aliphatic carbocycles. The Bertz CT molecular complexity index is 484. The highest BCUT2D eigenvalue weighted by atomic mass is 16.3. The van der Waals surface area contributed by atoms with E-state index < -0.39 is 0 Å². The summed E-state index contributed by atoms with van der Waals surface area (Å²) in [6.07, 6.45) is 4.25. The molecule has 5 nitrogen and oxygen atoms in total. The summed E-state index contributed by atoms with van der Waals surface area (Å²) in [6, 6.07) is 6.57. The molecule has 100 valence electrons. The van der Waals surface area contributed by atoms with E-state index in [1.165, 1.54) is 6.08 Å². The fourth-order valence-electron chi connectivity index (χ4n) is 1.86. The Morgan fingerprint density at radius 3 is 2.74 bits per heavy atom. The molecule has 5 heteroatoms. The van der Waals surface area contributed by atoms with Gasteiger partial charge < -0.3 is 15.7 Å². The van der Waals surface area contributed by atoms with Crippen LogP contribution in [0.15, 0.2) is 30.3 Å². The van der Waals surface area contributed by atoms with Crippen LogP contribution in [0.1, 0.15) is 18.4 Å². The molecule has 1 aliphatic heterocycles. The number of phenolic OH excluding ortho intramolecular Hbond substituents is 1. The number of phenols is 1. The SMILES string of the molecule is O=C(C=Cc1ccc(O)cc1)NC1CCC(=O)NC1. The lowest BCUT2D eigenvalue weighted by molar-refractivity contribution is -0.124. The molecule has 19 heavy (non-hydrogen) atoms. The van der Waals surface area contributed by atoms with Crippen molar-refractivity contribution in [2.75, 3.05) is 6.54 Å². The number of benzene rings is 1. The van der Waals surface area contributed by atoms with E-state index in [1.54, 1.807) is 30.3 Å². The van der Waals surface area contributed by atoms with E-state index in [9.17, 15) is 9.59 Å². The second kappa shape index (κ2) is 6.04. The first-order valence-corrected chi connectivity index (χ1v) is 6.18. The highest BCUT2D eigenvalue weighted by molar-refractivity contribution is 5.92. The average Bonchev–Trinajstić information content (AvgIpc) is 2.41. The van der Waals surface area contributed by atoms with Crippen LogP contribution in [0.2, 0.25) is 0 Å². The number of amides is 2. The molecule has 0 spiro atoms. The van der Waals surface area contributed by atoms with Gasteiger partial charge >= 0.3 is 0 Å². The van der Waals surface area contributed by atoms with Gasteiger partial charge in [-0.3, -0.25) is 9.59 Å². The monoisotopic (exact) mass is 260 g/mol. The molecular formula is C14H16N2O3. The van der Waals surface area contributed by atoms with Crippen LogP contribution in [0.25, 0.3) is 6.08 Å². The Hall–Kier alpha value is -2.30. The van der Waals surface area contributed by atoms with E-state index in [2.05, 4.69) is 10.6 Å². The van der Waals surface area contributed by atoms with Gasteiger partial charge in [-0.25, -0.2) is 0 Å². The molecule has 1 unspecified atom stereocenters. The van der Waals surface area contributed by atoms with Crippen molar-refractivity contribution in [1.82, 2.24) is 10.6 Å². The summed E-state index contributed by atoms with van der Waals surface area (Å²) < 4.78 is 0. The molecule has 0 bridgehead atoms. The fraction of sp³-hybridized carbons (Fsp3) is 0.286. The second-order valence-electron chi connectivity index (χ2n) is 4.47. The van der Waals surface area contributed by atoms with Crippen LogP contribution in [0.3, 0.4) is 0 Å². The van der Waals surface area contributed by atoms with E-state index >= 15 is 0 Å². The van der Waals surface area contributed by atoms with Crippen LogP contribution in [-0.4, -0.2) is 29.5 Å². The summed E-state index contributed by atoms with van der Waals surface area (Å²) in [7, 11) is 0. The number of aromatic hydroxyl groups is 1. The predicted molar refractivity (Wildman–Crippen MR) is 71.3 cm³/mol. The predicted octanol–water partition coefficient (Wildman–Crippen LogP) is 0.800. The van der Waals surface area contributed by atoms with E-state index in [0.29, 0.717) is 19.4 Å². The third-order valence-corrected chi connectivity index (χ3v) is 2.93. The molecule has 1 atom stereocenters. The summed E-state index contributed by atoms with van der Waals surface area (Å²) in [5.74, 6) is 0.0407. The fourth-order valence-corrected chi connectivity index (χ4v) is 1.86. The quantitative estimate of drug-likeness (QED) is 0.703. The molecule has 0 saturated carbocycles. The minimum Gasteiger partial charge on any atom is -0.508 e. The summed E-state index contributed by atoms with van der Waals surface area (Å²) in [5, 5.41) is 14.7. The molecule has 0 radical (unpaired) electrons. The van der Waals surface area contributed by atoms with Gasteiger partial charge in [0, 0.05) is 25.1 Å². The van der Waals surface area contributed by atoms with Crippen LogP contribution < -0.4 is 10.6 Å². The van der Waals surface area contributed by atoms with E-state index in [4.69, 9.17) is 5.11 Å². The summed E-state index contributed by atoms with van der Waals surface area (Å²) in [6.45, 7) is 0.484. The van der Waals surface area contributed by atoms with Gasteiger partial charge in [0.05, 0.1) is 0 Å². The number of hydrogen-bond acceptors (Lipinski definition) is 3. The lowest BCUT2D eigenvalue weighted by atomic mass is 10.1. The highest BCUT2D eigenvalue weighted by Crippen LogP contribution is 2.10. The topological polar surface area (TPSA) is 78.4 Å². The van der Waals surface area contributed by atoms with Crippen molar-refractivity contribution in [2.24, 2.45) is 0 Å². The average molecular weight is 260 g/mol. The summed E-state index contributed by atoms with van der Waals surface area (Å²) in [4.78, 5) is 22.6. The zero-order valence-electron chi connectivity index (χ0n) is 10.4. The Balaban J connectivity index is 1.83. The van der Waals surface area contributed by atoms with Crippen molar-refractivity contribution in [1.29, 1.82) is 0 Å². The Morgan fingerprint density at radius 1 is 1.37 bits per heavy atom. The first-order chi connectivity index (χ1) is 9.13. The van der Waals surface area contributed by atoms with Crippen LogP contribution in [0, 0.1) is 0 Å². The number of rotatable bonds is 3. The van der Waals surface area contributed by atoms with Crippen LogP contribution >= 0.6 is 0 Å². The van der Waals surface area contributed by atoms with Crippen molar-refractivity contribution < 1.29 is 14.7 Å². The molecule has 1 saturated heterocycles. The van der Waals surface area contributed by atoms with E-state index in [-0.39, 0.29) is 23.6 Å².